The summed E-state index contributed by atoms with van der Waals surface area (Å²) in [5.74, 6) is 0. The standard InChI is InChI=1S/C12H17Cl2NO/c1-12(2,7-15-3)11(16)8-4-5-9(13)10(14)6-8/h4-6,11,15-16H,7H2,1-3H3. The topological polar surface area (TPSA) is 32.3 Å². The van der Waals surface area contributed by atoms with Crippen LogP contribution < -0.4 is 5.32 Å². The fourth-order valence-electron chi connectivity index (χ4n) is 1.69. The lowest BCUT2D eigenvalue weighted by atomic mass is 9.82. The molecule has 1 aromatic carbocycles. The van der Waals surface area contributed by atoms with Gasteiger partial charge < -0.3 is 10.4 Å². The van der Waals surface area contributed by atoms with Gasteiger partial charge in [0.05, 0.1) is 16.1 Å². The normalized spacial score (nSPS) is 13.9. The molecule has 16 heavy (non-hydrogen) atoms. The van der Waals surface area contributed by atoms with Crippen molar-refractivity contribution in [2.24, 2.45) is 5.41 Å². The number of hydrogen-bond acceptors (Lipinski definition) is 2. The SMILES string of the molecule is CNCC(C)(C)C(O)c1ccc(Cl)c(Cl)c1. The number of benzene rings is 1. The van der Waals surface area contributed by atoms with Crippen LogP contribution in [0.3, 0.4) is 0 Å². The third kappa shape index (κ3) is 3.11. The summed E-state index contributed by atoms with van der Waals surface area (Å²) in [5.41, 5.74) is 0.529. The Bertz CT molecular complexity index is 366. The van der Waals surface area contributed by atoms with Gasteiger partial charge in [0.25, 0.3) is 0 Å². The van der Waals surface area contributed by atoms with Crippen LogP contribution >= 0.6 is 23.2 Å². The van der Waals surface area contributed by atoms with E-state index in [9.17, 15) is 5.11 Å². The van der Waals surface area contributed by atoms with E-state index in [-0.39, 0.29) is 5.41 Å². The van der Waals surface area contributed by atoms with Gasteiger partial charge >= 0.3 is 0 Å². The van der Waals surface area contributed by atoms with Crippen LogP contribution in [0.5, 0.6) is 0 Å². The van der Waals surface area contributed by atoms with Gasteiger partial charge in [-0.3, -0.25) is 0 Å². The molecule has 0 bridgehead atoms. The summed E-state index contributed by atoms with van der Waals surface area (Å²) in [7, 11) is 1.86. The Morgan fingerprint density at radius 2 is 1.94 bits per heavy atom. The molecule has 0 saturated heterocycles. The van der Waals surface area contributed by atoms with E-state index in [2.05, 4.69) is 5.32 Å². The molecular formula is C12H17Cl2NO. The minimum Gasteiger partial charge on any atom is -0.388 e. The lowest BCUT2D eigenvalue weighted by molar-refractivity contribution is 0.0506. The maximum absolute atomic E-state index is 10.3. The molecule has 1 aromatic rings. The van der Waals surface area contributed by atoms with Gasteiger partial charge in [0, 0.05) is 12.0 Å². The van der Waals surface area contributed by atoms with E-state index < -0.39 is 6.10 Å². The summed E-state index contributed by atoms with van der Waals surface area (Å²) >= 11 is 11.8. The second-order valence-corrected chi connectivity index (χ2v) is 5.41. The lowest BCUT2D eigenvalue weighted by Crippen LogP contribution is -2.32. The largest absolute Gasteiger partial charge is 0.388 e. The zero-order valence-corrected chi connectivity index (χ0v) is 11.2. The highest BCUT2D eigenvalue weighted by Crippen LogP contribution is 2.35. The van der Waals surface area contributed by atoms with Crippen molar-refractivity contribution in [3.63, 3.8) is 0 Å². The first-order valence-corrected chi connectivity index (χ1v) is 5.91. The minimum atomic E-state index is -0.574. The Labute approximate surface area is 107 Å². The van der Waals surface area contributed by atoms with Gasteiger partial charge in [0.1, 0.15) is 0 Å². The highest BCUT2D eigenvalue weighted by molar-refractivity contribution is 6.42. The minimum absolute atomic E-state index is 0.258. The van der Waals surface area contributed by atoms with Crippen LogP contribution in [0.15, 0.2) is 18.2 Å². The van der Waals surface area contributed by atoms with Crippen molar-refractivity contribution in [3.05, 3.63) is 33.8 Å². The van der Waals surface area contributed by atoms with Crippen LogP contribution in [-0.2, 0) is 0 Å². The summed E-state index contributed by atoms with van der Waals surface area (Å²) in [5, 5.41) is 14.3. The maximum Gasteiger partial charge on any atom is 0.0853 e. The smallest absolute Gasteiger partial charge is 0.0853 e. The molecule has 0 aliphatic rings. The Hall–Kier alpha value is -0.280. The summed E-state index contributed by atoms with van der Waals surface area (Å²) in [4.78, 5) is 0. The number of aliphatic hydroxyl groups is 1. The average Bonchev–Trinajstić information content (AvgIpc) is 2.21. The van der Waals surface area contributed by atoms with E-state index in [0.717, 1.165) is 5.56 Å². The van der Waals surface area contributed by atoms with Crippen molar-refractivity contribution < 1.29 is 5.11 Å². The molecule has 90 valence electrons. The summed E-state index contributed by atoms with van der Waals surface area (Å²) < 4.78 is 0. The number of aliphatic hydroxyl groups excluding tert-OH is 1. The molecular weight excluding hydrogens is 245 g/mol. The Kier molecular flexibility index (Phi) is 4.62. The molecule has 4 heteroatoms. The van der Waals surface area contributed by atoms with Gasteiger partial charge in [-0.25, -0.2) is 0 Å². The Morgan fingerprint density at radius 3 is 2.44 bits per heavy atom. The van der Waals surface area contributed by atoms with E-state index in [1.807, 2.05) is 20.9 Å². The predicted molar refractivity (Wildman–Crippen MR) is 69.1 cm³/mol. The fraction of sp³-hybridized carbons (Fsp3) is 0.500. The molecule has 0 amide bonds. The molecule has 0 radical (unpaired) electrons. The van der Waals surface area contributed by atoms with E-state index in [1.165, 1.54) is 0 Å². The average molecular weight is 262 g/mol. The quantitative estimate of drug-likeness (QED) is 0.872. The van der Waals surface area contributed by atoms with Crippen LogP contribution in [-0.4, -0.2) is 18.7 Å². The number of halogens is 2. The highest BCUT2D eigenvalue weighted by atomic mass is 35.5. The molecule has 0 saturated carbocycles. The number of nitrogens with one attached hydrogen (secondary N) is 1. The monoisotopic (exact) mass is 261 g/mol. The van der Waals surface area contributed by atoms with Gasteiger partial charge in [0.2, 0.25) is 0 Å². The summed E-state index contributed by atoms with van der Waals surface area (Å²) in [6, 6.07) is 5.22. The zero-order chi connectivity index (χ0) is 12.3. The highest BCUT2D eigenvalue weighted by Gasteiger charge is 2.28. The van der Waals surface area contributed by atoms with Crippen LogP contribution in [0.4, 0.5) is 0 Å². The first kappa shape index (κ1) is 13.8. The number of hydrogen-bond donors (Lipinski definition) is 2. The summed E-state index contributed by atoms with van der Waals surface area (Å²) in [6.07, 6.45) is -0.574. The molecule has 0 heterocycles. The molecule has 1 unspecified atom stereocenters. The van der Waals surface area contributed by atoms with Crippen molar-refractivity contribution in [2.45, 2.75) is 20.0 Å². The second-order valence-electron chi connectivity index (χ2n) is 4.59. The molecule has 1 rings (SSSR count). The van der Waals surface area contributed by atoms with Crippen LogP contribution in [0, 0.1) is 5.41 Å². The van der Waals surface area contributed by atoms with Crippen molar-refractivity contribution in [3.8, 4) is 0 Å². The first-order chi connectivity index (χ1) is 7.38. The molecule has 0 aliphatic heterocycles. The van der Waals surface area contributed by atoms with Crippen molar-refractivity contribution >= 4 is 23.2 Å². The Morgan fingerprint density at radius 1 is 1.31 bits per heavy atom. The molecule has 1 atom stereocenters. The number of rotatable bonds is 4. The van der Waals surface area contributed by atoms with Crippen LogP contribution in [0.25, 0.3) is 0 Å². The van der Waals surface area contributed by atoms with Gasteiger partial charge in [-0.15, -0.1) is 0 Å². The van der Waals surface area contributed by atoms with E-state index >= 15 is 0 Å². The molecule has 0 aromatic heterocycles. The van der Waals surface area contributed by atoms with Crippen molar-refractivity contribution in [2.75, 3.05) is 13.6 Å². The van der Waals surface area contributed by atoms with Crippen molar-refractivity contribution in [1.29, 1.82) is 0 Å². The molecule has 0 spiro atoms. The van der Waals surface area contributed by atoms with Crippen LogP contribution in [0.2, 0.25) is 10.0 Å². The Balaban J connectivity index is 2.95. The molecule has 2 N–H and O–H groups in total. The third-order valence-electron chi connectivity index (χ3n) is 2.63. The molecule has 2 nitrogen and oxygen atoms in total. The third-order valence-corrected chi connectivity index (χ3v) is 3.37. The van der Waals surface area contributed by atoms with Crippen molar-refractivity contribution in [1.82, 2.24) is 5.32 Å². The summed E-state index contributed by atoms with van der Waals surface area (Å²) in [6.45, 7) is 4.71. The zero-order valence-electron chi connectivity index (χ0n) is 9.72. The lowest BCUT2D eigenvalue weighted by Gasteiger charge is -2.30. The fourth-order valence-corrected chi connectivity index (χ4v) is 1.99. The maximum atomic E-state index is 10.3. The first-order valence-electron chi connectivity index (χ1n) is 5.16. The second kappa shape index (κ2) is 5.37. The molecule has 0 aliphatic carbocycles. The molecule has 0 fully saturated rings. The van der Waals surface area contributed by atoms with Gasteiger partial charge in [-0.05, 0) is 24.7 Å². The van der Waals surface area contributed by atoms with Gasteiger partial charge in [0.15, 0.2) is 0 Å². The van der Waals surface area contributed by atoms with E-state index in [1.54, 1.807) is 18.2 Å². The van der Waals surface area contributed by atoms with Gasteiger partial charge in [-0.2, -0.15) is 0 Å². The van der Waals surface area contributed by atoms with Crippen LogP contribution in [0.1, 0.15) is 25.5 Å². The van der Waals surface area contributed by atoms with E-state index in [0.29, 0.717) is 16.6 Å². The predicted octanol–water partition coefficient (Wildman–Crippen LogP) is 3.27. The van der Waals surface area contributed by atoms with E-state index in [4.69, 9.17) is 23.2 Å². The van der Waals surface area contributed by atoms with Gasteiger partial charge in [-0.1, -0.05) is 43.1 Å².